The highest BCUT2D eigenvalue weighted by atomic mass is 79.9. The maximum atomic E-state index is 3.81. The summed E-state index contributed by atoms with van der Waals surface area (Å²) < 4.78 is 1.19. The molecule has 0 atom stereocenters. The number of hydrogen-bond acceptors (Lipinski definition) is 1. The molecule has 20 heavy (non-hydrogen) atoms. The van der Waals surface area contributed by atoms with Crippen molar-refractivity contribution in [1.82, 2.24) is 0 Å². The third-order valence-corrected chi connectivity index (χ3v) is 6.01. The lowest BCUT2D eigenvalue weighted by atomic mass is 9.71. The normalized spacial score (nSPS) is 22.3. The second-order valence-electron chi connectivity index (χ2n) is 6.78. The van der Waals surface area contributed by atoms with Crippen LogP contribution in [0.25, 0.3) is 0 Å². The molecule has 0 aromatic heterocycles. The van der Waals surface area contributed by atoms with Gasteiger partial charge < -0.3 is 5.32 Å². The molecule has 1 aromatic carbocycles. The Balaban J connectivity index is 1.62. The highest BCUT2D eigenvalue weighted by Gasteiger charge is 2.37. The molecule has 110 valence electrons. The lowest BCUT2D eigenvalue weighted by Crippen LogP contribution is -2.31. The molecule has 3 rings (SSSR count). The number of aryl methyl sites for hydroxylation is 1. The zero-order valence-electron chi connectivity index (χ0n) is 12.6. The summed E-state index contributed by atoms with van der Waals surface area (Å²) >= 11 is 3.58. The van der Waals surface area contributed by atoms with E-state index in [0.717, 1.165) is 11.8 Å². The maximum absolute atomic E-state index is 3.81. The van der Waals surface area contributed by atoms with Crippen LogP contribution in [0.3, 0.4) is 0 Å². The van der Waals surface area contributed by atoms with Crippen molar-refractivity contribution in [2.45, 2.75) is 70.8 Å². The molecule has 0 aliphatic heterocycles. The van der Waals surface area contributed by atoms with Crippen molar-refractivity contribution < 1.29 is 0 Å². The summed E-state index contributed by atoms with van der Waals surface area (Å²) in [5, 5.41) is 3.81. The zero-order valence-corrected chi connectivity index (χ0v) is 14.1. The second kappa shape index (κ2) is 6.09. The molecule has 2 aliphatic rings. The van der Waals surface area contributed by atoms with Crippen molar-refractivity contribution in [3.8, 4) is 0 Å². The smallest absolute Gasteiger partial charge is 0.0375 e. The second-order valence-corrected chi connectivity index (χ2v) is 7.70. The Morgan fingerprint density at radius 3 is 2.50 bits per heavy atom. The van der Waals surface area contributed by atoms with Gasteiger partial charge in [-0.05, 0) is 74.1 Å². The van der Waals surface area contributed by atoms with E-state index in [2.05, 4.69) is 46.4 Å². The predicted molar refractivity (Wildman–Crippen MR) is 90.3 cm³/mol. The Morgan fingerprint density at radius 2 is 1.85 bits per heavy atom. The van der Waals surface area contributed by atoms with Gasteiger partial charge in [-0.3, -0.25) is 0 Å². The molecular weight excluding hydrogens is 310 g/mol. The molecule has 1 aromatic rings. The van der Waals surface area contributed by atoms with E-state index in [1.807, 2.05) is 0 Å². The molecule has 1 nitrogen and oxygen atoms in total. The summed E-state index contributed by atoms with van der Waals surface area (Å²) in [7, 11) is 0. The van der Waals surface area contributed by atoms with Crippen molar-refractivity contribution in [3.63, 3.8) is 0 Å². The van der Waals surface area contributed by atoms with Crippen LogP contribution < -0.4 is 5.32 Å². The first-order valence-electron chi connectivity index (χ1n) is 8.26. The monoisotopic (exact) mass is 335 g/mol. The Bertz CT molecular complexity index is 452. The number of halogens is 1. The molecule has 1 spiro atoms. The molecule has 0 bridgehead atoms. The molecule has 0 unspecified atom stereocenters. The fraction of sp³-hybridized carbons (Fsp3) is 0.667. The van der Waals surface area contributed by atoms with E-state index in [1.165, 1.54) is 67.1 Å². The van der Waals surface area contributed by atoms with E-state index < -0.39 is 0 Å². The van der Waals surface area contributed by atoms with Gasteiger partial charge in [-0.25, -0.2) is 0 Å². The van der Waals surface area contributed by atoms with E-state index in [4.69, 9.17) is 0 Å². The highest BCUT2D eigenvalue weighted by molar-refractivity contribution is 9.10. The van der Waals surface area contributed by atoms with E-state index in [-0.39, 0.29) is 0 Å². The van der Waals surface area contributed by atoms with Crippen molar-refractivity contribution in [2.75, 3.05) is 5.32 Å². The fourth-order valence-corrected chi connectivity index (χ4v) is 4.62. The summed E-state index contributed by atoms with van der Waals surface area (Å²) in [6.45, 7) is 2.24. The minimum Gasteiger partial charge on any atom is -0.382 e. The van der Waals surface area contributed by atoms with Gasteiger partial charge in [0.2, 0.25) is 0 Å². The predicted octanol–water partition coefficient (Wildman–Crippen LogP) is 5.93. The van der Waals surface area contributed by atoms with Gasteiger partial charge in [-0.2, -0.15) is 0 Å². The molecule has 0 radical (unpaired) electrons. The average Bonchev–Trinajstić information content (AvgIpc) is 2.92. The number of nitrogens with one attached hydrogen (secondary N) is 1. The van der Waals surface area contributed by atoms with Crippen molar-refractivity contribution in [2.24, 2.45) is 5.41 Å². The van der Waals surface area contributed by atoms with Gasteiger partial charge in [0, 0.05) is 16.2 Å². The summed E-state index contributed by atoms with van der Waals surface area (Å²) in [6.07, 6.45) is 12.7. The van der Waals surface area contributed by atoms with E-state index in [1.54, 1.807) is 0 Å². The van der Waals surface area contributed by atoms with Crippen LogP contribution in [0.4, 0.5) is 5.69 Å². The minimum atomic E-state index is 0.688. The summed E-state index contributed by atoms with van der Waals surface area (Å²) in [5.74, 6) is 0. The fourth-order valence-electron chi connectivity index (χ4n) is 4.22. The first-order chi connectivity index (χ1) is 9.71. The van der Waals surface area contributed by atoms with Crippen LogP contribution in [0, 0.1) is 5.41 Å². The average molecular weight is 336 g/mol. The Morgan fingerprint density at radius 1 is 1.15 bits per heavy atom. The molecule has 2 aliphatic carbocycles. The van der Waals surface area contributed by atoms with Crippen molar-refractivity contribution in [1.29, 1.82) is 0 Å². The van der Waals surface area contributed by atoms with E-state index >= 15 is 0 Å². The van der Waals surface area contributed by atoms with Crippen molar-refractivity contribution in [3.05, 3.63) is 28.2 Å². The summed E-state index contributed by atoms with van der Waals surface area (Å²) in [4.78, 5) is 0. The van der Waals surface area contributed by atoms with Gasteiger partial charge in [-0.1, -0.05) is 35.7 Å². The first kappa shape index (κ1) is 14.4. The first-order valence-corrected chi connectivity index (χ1v) is 9.05. The van der Waals surface area contributed by atoms with Crippen LogP contribution in [-0.4, -0.2) is 6.04 Å². The van der Waals surface area contributed by atoms with Crippen LogP contribution in [0.5, 0.6) is 0 Å². The molecule has 2 heteroatoms. The number of anilines is 1. The van der Waals surface area contributed by atoms with Crippen LogP contribution >= 0.6 is 15.9 Å². The van der Waals surface area contributed by atoms with Crippen LogP contribution in [-0.2, 0) is 6.42 Å². The third-order valence-electron chi connectivity index (χ3n) is 5.52. The van der Waals surface area contributed by atoms with Crippen LogP contribution in [0.1, 0.15) is 63.9 Å². The summed E-state index contributed by atoms with van der Waals surface area (Å²) in [6, 6.07) is 7.34. The number of hydrogen-bond donors (Lipinski definition) is 1. The molecule has 2 fully saturated rings. The number of benzene rings is 1. The van der Waals surface area contributed by atoms with E-state index in [0.29, 0.717) is 6.04 Å². The third kappa shape index (κ3) is 3.05. The van der Waals surface area contributed by atoms with Crippen LogP contribution in [0.15, 0.2) is 22.7 Å². The molecule has 0 saturated heterocycles. The van der Waals surface area contributed by atoms with Gasteiger partial charge in [0.15, 0.2) is 0 Å². The molecule has 2 saturated carbocycles. The van der Waals surface area contributed by atoms with Gasteiger partial charge in [0.05, 0.1) is 0 Å². The van der Waals surface area contributed by atoms with Gasteiger partial charge in [-0.15, -0.1) is 0 Å². The minimum absolute atomic E-state index is 0.688. The lowest BCUT2D eigenvalue weighted by molar-refractivity contribution is 0.188. The Kier molecular flexibility index (Phi) is 4.40. The SMILES string of the molecule is CCc1cc(Br)ccc1NC1CCC2(CCCC2)CC1. The topological polar surface area (TPSA) is 12.0 Å². The van der Waals surface area contributed by atoms with Crippen molar-refractivity contribution >= 4 is 21.6 Å². The quantitative estimate of drug-likeness (QED) is 0.722. The Labute approximate surface area is 131 Å². The highest BCUT2D eigenvalue weighted by Crippen LogP contribution is 2.49. The molecule has 0 heterocycles. The van der Waals surface area contributed by atoms with Crippen LogP contribution in [0.2, 0.25) is 0 Å². The summed E-state index contributed by atoms with van der Waals surface area (Å²) in [5.41, 5.74) is 3.52. The molecular formula is C18H26BrN. The van der Waals surface area contributed by atoms with Gasteiger partial charge in [0.1, 0.15) is 0 Å². The van der Waals surface area contributed by atoms with E-state index in [9.17, 15) is 0 Å². The lowest BCUT2D eigenvalue weighted by Gasteiger charge is -2.38. The standard InChI is InChI=1S/C18H26BrN/c1-2-14-13-15(19)5-6-17(14)20-16-7-11-18(12-8-16)9-3-4-10-18/h5-6,13,16,20H,2-4,7-12H2,1H3. The largest absolute Gasteiger partial charge is 0.382 e. The number of rotatable bonds is 3. The Hall–Kier alpha value is -0.500. The van der Waals surface area contributed by atoms with Gasteiger partial charge in [0.25, 0.3) is 0 Å². The van der Waals surface area contributed by atoms with Gasteiger partial charge >= 0.3 is 0 Å². The molecule has 1 N–H and O–H groups in total. The maximum Gasteiger partial charge on any atom is 0.0375 e. The zero-order chi connectivity index (χ0) is 14.0. The molecule has 0 amide bonds.